The summed E-state index contributed by atoms with van der Waals surface area (Å²) < 4.78 is 11.9. The Hall–Kier alpha value is -8.36. The summed E-state index contributed by atoms with van der Waals surface area (Å²) in [6.07, 6.45) is 3.42. The molecule has 11 rings (SSSR count). The molecule has 0 atom stereocenters. The third-order valence-electron chi connectivity index (χ3n) is 10.7. The number of aromatic nitrogens is 4. The van der Waals surface area contributed by atoms with Gasteiger partial charge in [0.05, 0.1) is 0 Å². The van der Waals surface area contributed by atoms with E-state index < -0.39 is 0 Å². The highest BCUT2D eigenvalue weighted by Gasteiger charge is 2.17. The van der Waals surface area contributed by atoms with Crippen molar-refractivity contribution in [2.45, 2.75) is 0 Å². The van der Waals surface area contributed by atoms with E-state index in [9.17, 15) is 0 Å². The molecule has 0 fully saturated rings. The van der Waals surface area contributed by atoms with Gasteiger partial charge in [-0.2, -0.15) is 0 Å². The van der Waals surface area contributed by atoms with E-state index in [4.69, 9.17) is 8.83 Å². The fourth-order valence-corrected chi connectivity index (χ4v) is 7.69. The predicted octanol–water partition coefficient (Wildman–Crippen LogP) is 13.9. The third-order valence-corrected chi connectivity index (χ3v) is 10.7. The van der Waals surface area contributed by atoms with Crippen LogP contribution in [0, 0.1) is 0 Å². The zero-order valence-electron chi connectivity index (χ0n) is 32.1. The van der Waals surface area contributed by atoms with Crippen LogP contribution in [0.5, 0.6) is 0 Å². The number of oxazole rings is 2. The lowest BCUT2D eigenvalue weighted by Crippen LogP contribution is -2.10. The SMILES string of the molecule is c1ccc(N(c2ccc(-c3ccc(N(c4ccc(-c5nc6cccnc6o5)cc4)c4ccc5ccccc5c4)cc3)cc2)c2ccc(-c3nc4cccnc4o3)cc2)cc1. The fourth-order valence-electron chi connectivity index (χ4n) is 7.69. The molecule has 0 saturated heterocycles. The van der Waals surface area contributed by atoms with Gasteiger partial charge >= 0.3 is 0 Å². The minimum atomic E-state index is 0.527. The number of nitrogens with zero attached hydrogens (tertiary/aromatic N) is 6. The van der Waals surface area contributed by atoms with Crippen LogP contribution < -0.4 is 9.80 Å². The van der Waals surface area contributed by atoms with Crippen LogP contribution in [-0.2, 0) is 0 Å². The molecule has 0 aliphatic carbocycles. The van der Waals surface area contributed by atoms with E-state index >= 15 is 0 Å². The maximum Gasteiger partial charge on any atom is 0.247 e. The first kappa shape index (κ1) is 34.9. The molecule has 0 aliphatic heterocycles. The van der Waals surface area contributed by atoms with Gasteiger partial charge in [0.2, 0.25) is 23.2 Å². The number of para-hydroxylation sites is 1. The Kier molecular flexibility index (Phi) is 8.63. The summed E-state index contributed by atoms with van der Waals surface area (Å²) in [5.74, 6) is 1.09. The average molecular weight is 775 g/mol. The number of pyridine rings is 2. The highest BCUT2D eigenvalue weighted by atomic mass is 16.4. The van der Waals surface area contributed by atoms with Crippen LogP contribution >= 0.6 is 0 Å². The van der Waals surface area contributed by atoms with Crippen molar-refractivity contribution < 1.29 is 8.83 Å². The summed E-state index contributed by atoms with van der Waals surface area (Å²) >= 11 is 0. The minimum Gasteiger partial charge on any atom is -0.418 e. The summed E-state index contributed by atoms with van der Waals surface area (Å²) in [5.41, 5.74) is 12.8. The van der Waals surface area contributed by atoms with Crippen molar-refractivity contribution in [1.29, 1.82) is 0 Å². The van der Waals surface area contributed by atoms with Gasteiger partial charge in [0.1, 0.15) is 11.0 Å². The molecule has 0 bridgehead atoms. The van der Waals surface area contributed by atoms with E-state index in [0.29, 0.717) is 23.2 Å². The Morgan fingerprint density at radius 2 is 0.717 bits per heavy atom. The van der Waals surface area contributed by atoms with Crippen molar-refractivity contribution in [2.24, 2.45) is 0 Å². The average Bonchev–Trinajstić information content (AvgIpc) is 3.96. The number of hydrogen-bond acceptors (Lipinski definition) is 8. The van der Waals surface area contributed by atoms with E-state index in [2.05, 4.69) is 169 Å². The lowest BCUT2D eigenvalue weighted by atomic mass is 10.0. The van der Waals surface area contributed by atoms with Crippen LogP contribution in [0.25, 0.3) is 67.3 Å². The standard InChI is InChI=1S/C52H34N6O2/c1-2-10-41(11-3-1)57(43-27-19-38(20-28-43)49-55-47-12-6-32-53-51(47)59-49)42-23-14-36(15-24-42)37-16-25-44(26-17-37)58(46-31-18-35-8-4-5-9-40(35)34-46)45-29-21-39(22-30-45)50-56-48-13-7-33-54-52(48)60-50/h1-34H. The number of rotatable bonds is 9. The second-order valence-corrected chi connectivity index (χ2v) is 14.4. The monoisotopic (exact) mass is 774 g/mol. The summed E-state index contributed by atoms with van der Waals surface area (Å²) in [4.78, 5) is 22.4. The first-order valence-electron chi connectivity index (χ1n) is 19.7. The van der Waals surface area contributed by atoms with E-state index in [1.54, 1.807) is 12.4 Å². The molecule has 284 valence electrons. The minimum absolute atomic E-state index is 0.527. The zero-order valence-corrected chi connectivity index (χ0v) is 32.1. The van der Waals surface area contributed by atoms with Crippen molar-refractivity contribution in [1.82, 2.24) is 19.9 Å². The quantitative estimate of drug-likeness (QED) is 0.143. The molecule has 0 radical (unpaired) electrons. The van der Waals surface area contributed by atoms with Gasteiger partial charge in [0.15, 0.2) is 0 Å². The molecule has 0 aliphatic rings. The molecule has 0 saturated carbocycles. The summed E-state index contributed by atoms with van der Waals surface area (Å²) in [7, 11) is 0. The van der Waals surface area contributed by atoms with Crippen molar-refractivity contribution in [2.75, 3.05) is 9.80 Å². The molecule has 8 heteroatoms. The van der Waals surface area contributed by atoms with E-state index in [-0.39, 0.29) is 0 Å². The number of anilines is 6. The molecule has 0 N–H and O–H groups in total. The molecular weight excluding hydrogens is 741 g/mol. The summed E-state index contributed by atoms with van der Waals surface area (Å²) in [5, 5.41) is 2.37. The molecule has 11 aromatic rings. The van der Waals surface area contributed by atoms with Crippen LogP contribution in [0.3, 0.4) is 0 Å². The van der Waals surface area contributed by atoms with Crippen LogP contribution in [0.2, 0.25) is 0 Å². The molecule has 4 heterocycles. The van der Waals surface area contributed by atoms with Crippen LogP contribution in [0.1, 0.15) is 0 Å². The van der Waals surface area contributed by atoms with Gasteiger partial charge in [0.25, 0.3) is 0 Å². The molecule has 0 amide bonds. The summed E-state index contributed by atoms with van der Waals surface area (Å²) in [6.45, 7) is 0. The predicted molar refractivity (Wildman–Crippen MR) is 240 cm³/mol. The largest absolute Gasteiger partial charge is 0.418 e. The van der Waals surface area contributed by atoms with Gasteiger partial charge in [-0.05, 0) is 143 Å². The molecule has 60 heavy (non-hydrogen) atoms. The number of fused-ring (bicyclic) bond motifs is 3. The lowest BCUT2D eigenvalue weighted by Gasteiger charge is -2.26. The number of hydrogen-bond donors (Lipinski definition) is 0. The topological polar surface area (TPSA) is 84.3 Å². The van der Waals surface area contributed by atoms with Gasteiger partial charge in [-0.3, -0.25) is 0 Å². The van der Waals surface area contributed by atoms with Gasteiger partial charge in [0, 0.05) is 57.6 Å². The first-order valence-corrected chi connectivity index (χ1v) is 19.7. The maximum atomic E-state index is 5.98. The van der Waals surface area contributed by atoms with Crippen LogP contribution in [0.15, 0.2) is 215 Å². The number of benzene rings is 7. The van der Waals surface area contributed by atoms with Gasteiger partial charge < -0.3 is 18.6 Å². The van der Waals surface area contributed by atoms with Crippen molar-refractivity contribution in [3.05, 3.63) is 207 Å². The summed E-state index contributed by atoms with van der Waals surface area (Å²) in [6, 6.07) is 67.0. The Morgan fingerprint density at radius 1 is 0.317 bits per heavy atom. The van der Waals surface area contributed by atoms with E-state index in [1.807, 2.05) is 54.6 Å². The normalized spacial score (nSPS) is 11.3. The Morgan fingerprint density at radius 3 is 1.20 bits per heavy atom. The zero-order chi connectivity index (χ0) is 39.8. The van der Waals surface area contributed by atoms with Crippen molar-refractivity contribution in [3.63, 3.8) is 0 Å². The van der Waals surface area contributed by atoms with Gasteiger partial charge in [-0.1, -0.05) is 72.8 Å². The van der Waals surface area contributed by atoms with Gasteiger partial charge in [-0.15, -0.1) is 0 Å². The van der Waals surface area contributed by atoms with Gasteiger partial charge in [-0.25, -0.2) is 19.9 Å². The van der Waals surface area contributed by atoms with E-state index in [1.165, 1.54) is 10.8 Å². The maximum absolute atomic E-state index is 5.98. The highest BCUT2D eigenvalue weighted by molar-refractivity contribution is 5.90. The molecule has 0 unspecified atom stereocenters. The van der Waals surface area contributed by atoms with Crippen LogP contribution in [-0.4, -0.2) is 19.9 Å². The molecule has 4 aromatic heterocycles. The first-order chi connectivity index (χ1) is 29.7. The Balaban J connectivity index is 0.898. The second kappa shape index (κ2) is 14.9. The molecule has 0 spiro atoms. The fraction of sp³-hybridized carbons (Fsp3) is 0. The highest BCUT2D eigenvalue weighted by Crippen LogP contribution is 2.40. The van der Waals surface area contributed by atoms with E-state index in [0.717, 1.165) is 67.4 Å². The molecular formula is C52H34N6O2. The molecule has 8 nitrogen and oxygen atoms in total. The Bertz CT molecular complexity index is 3190. The smallest absolute Gasteiger partial charge is 0.247 e. The Labute approximate surface area is 345 Å². The molecule has 7 aromatic carbocycles. The van der Waals surface area contributed by atoms with Crippen LogP contribution in [0.4, 0.5) is 34.1 Å². The lowest BCUT2D eigenvalue weighted by molar-refractivity contribution is 0.607. The second-order valence-electron chi connectivity index (χ2n) is 14.4. The third kappa shape index (κ3) is 6.58. The van der Waals surface area contributed by atoms with Crippen molar-refractivity contribution >= 4 is 67.4 Å². The van der Waals surface area contributed by atoms with Crippen molar-refractivity contribution in [3.8, 4) is 34.0 Å².